The average Bonchev–Trinajstić information content (AvgIpc) is 3.15. The molecule has 0 N–H and O–H groups in total. The van der Waals surface area contributed by atoms with Crippen LogP contribution in [-0.4, -0.2) is 50.7 Å². The first kappa shape index (κ1) is 16.0. The lowest BCUT2D eigenvalue weighted by molar-refractivity contribution is 0.639. The molecule has 0 unspecified atom stereocenters. The lowest BCUT2D eigenvalue weighted by Crippen LogP contribution is -2.47. The number of pyridine rings is 1. The molecule has 136 valence electrons. The molecular weight excluding hydrogens is 338 g/mol. The molecule has 1 aliphatic rings. The van der Waals surface area contributed by atoms with E-state index in [1.807, 2.05) is 17.5 Å². The Bertz CT molecular complexity index is 1130. The van der Waals surface area contributed by atoms with E-state index in [0.29, 0.717) is 5.78 Å². The van der Waals surface area contributed by atoms with Crippen LogP contribution in [0.1, 0.15) is 11.4 Å². The van der Waals surface area contributed by atoms with Gasteiger partial charge in [-0.25, -0.2) is 4.98 Å². The summed E-state index contributed by atoms with van der Waals surface area (Å²) < 4.78 is 1.83. The van der Waals surface area contributed by atoms with E-state index in [4.69, 9.17) is 0 Å². The third kappa shape index (κ3) is 2.75. The van der Waals surface area contributed by atoms with Crippen LogP contribution < -0.4 is 9.80 Å². The van der Waals surface area contributed by atoms with Crippen molar-refractivity contribution in [2.75, 3.05) is 36.0 Å². The number of nitrogens with zero attached hydrogens (tertiary/aromatic N) is 7. The van der Waals surface area contributed by atoms with E-state index in [9.17, 15) is 0 Å². The zero-order valence-corrected chi connectivity index (χ0v) is 15.5. The zero-order valence-electron chi connectivity index (χ0n) is 15.5. The van der Waals surface area contributed by atoms with Crippen LogP contribution in [0.5, 0.6) is 0 Å². The minimum absolute atomic E-state index is 0.656. The van der Waals surface area contributed by atoms with Gasteiger partial charge in [-0.15, -0.1) is 0 Å². The fourth-order valence-corrected chi connectivity index (χ4v) is 3.86. The molecule has 4 aromatic rings. The van der Waals surface area contributed by atoms with Crippen LogP contribution >= 0.6 is 0 Å². The number of aryl methyl sites for hydroxylation is 2. The van der Waals surface area contributed by atoms with Crippen molar-refractivity contribution in [1.29, 1.82) is 0 Å². The molecule has 5 rings (SSSR count). The number of hydrogen-bond donors (Lipinski definition) is 0. The maximum atomic E-state index is 4.67. The molecule has 1 fully saturated rings. The smallest absolute Gasteiger partial charge is 0.254 e. The first-order valence-corrected chi connectivity index (χ1v) is 9.23. The number of rotatable bonds is 2. The third-order valence-electron chi connectivity index (χ3n) is 5.13. The summed E-state index contributed by atoms with van der Waals surface area (Å²) >= 11 is 0. The molecule has 0 bridgehead atoms. The Labute approximate surface area is 157 Å². The number of anilines is 2. The summed E-state index contributed by atoms with van der Waals surface area (Å²) in [5.41, 5.74) is 4.35. The highest BCUT2D eigenvalue weighted by molar-refractivity contribution is 5.92. The Kier molecular flexibility index (Phi) is 3.67. The van der Waals surface area contributed by atoms with E-state index in [1.54, 1.807) is 6.33 Å². The molecule has 0 spiro atoms. The van der Waals surface area contributed by atoms with Crippen LogP contribution in [0.4, 0.5) is 11.5 Å². The zero-order chi connectivity index (χ0) is 18.4. The molecule has 4 heterocycles. The van der Waals surface area contributed by atoms with E-state index in [1.165, 1.54) is 11.1 Å². The van der Waals surface area contributed by atoms with Gasteiger partial charge < -0.3 is 9.80 Å². The molecule has 0 atom stereocenters. The predicted molar refractivity (Wildman–Crippen MR) is 106 cm³/mol. The topological polar surface area (TPSA) is 62.5 Å². The summed E-state index contributed by atoms with van der Waals surface area (Å²) in [6.07, 6.45) is 1.56. The minimum Gasteiger partial charge on any atom is -0.367 e. The average molecular weight is 359 g/mol. The van der Waals surface area contributed by atoms with Crippen LogP contribution in [0.2, 0.25) is 0 Å². The van der Waals surface area contributed by atoms with E-state index in [2.05, 4.69) is 67.1 Å². The van der Waals surface area contributed by atoms with Gasteiger partial charge in [0.2, 0.25) is 0 Å². The summed E-state index contributed by atoms with van der Waals surface area (Å²) in [4.78, 5) is 18.2. The quantitative estimate of drug-likeness (QED) is 0.548. The minimum atomic E-state index is 0.656. The highest BCUT2D eigenvalue weighted by Gasteiger charge is 2.22. The van der Waals surface area contributed by atoms with E-state index in [0.717, 1.165) is 48.9 Å². The van der Waals surface area contributed by atoms with Crippen LogP contribution in [0, 0.1) is 13.8 Å². The van der Waals surface area contributed by atoms with Crippen molar-refractivity contribution in [2.24, 2.45) is 0 Å². The van der Waals surface area contributed by atoms with Gasteiger partial charge in [0.25, 0.3) is 5.78 Å². The SMILES string of the molecule is Cc1cc(N2CCN(c3cc(C)nc4ncnn34)CC2)c2ccccc2n1. The molecule has 3 aromatic heterocycles. The Morgan fingerprint density at radius 2 is 1.59 bits per heavy atom. The molecule has 0 saturated carbocycles. The summed E-state index contributed by atoms with van der Waals surface area (Å²) in [6, 6.07) is 12.7. The number of benzene rings is 1. The number of aromatic nitrogens is 5. The summed E-state index contributed by atoms with van der Waals surface area (Å²) in [6.45, 7) is 7.81. The number of para-hydroxylation sites is 1. The van der Waals surface area contributed by atoms with Gasteiger partial charge >= 0.3 is 0 Å². The molecular formula is C20H21N7. The van der Waals surface area contributed by atoms with Gasteiger partial charge in [0.1, 0.15) is 12.1 Å². The molecule has 7 nitrogen and oxygen atoms in total. The van der Waals surface area contributed by atoms with Gasteiger partial charge in [0.15, 0.2) is 0 Å². The molecule has 1 saturated heterocycles. The van der Waals surface area contributed by atoms with Gasteiger partial charge in [-0.3, -0.25) is 4.98 Å². The van der Waals surface area contributed by atoms with Crippen LogP contribution in [0.15, 0.2) is 42.7 Å². The van der Waals surface area contributed by atoms with Crippen molar-refractivity contribution in [3.8, 4) is 0 Å². The molecule has 1 aliphatic heterocycles. The van der Waals surface area contributed by atoms with Crippen LogP contribution in [0.25, 0.3) is 16.7 Å². The standard InChI is InChI=1S/C20H21N7/c1-14-11-18(16-5-3-4-6-17(16)23-14)25-7-9-26(10-8-25)19-12-15(2)24-20-21-13-22-27(19)20/h3-6,11-13H,7-10H2,1-2H3. The first-order valence-electron chi connectivity index (χ1n) is 9.23. The molecule has 0 amide bonds. The fraction of sp³-hybridized carbons (Fsp3) is 0.300. The van der Waals surface area contributed by atoms with Crippen molar-refractivity contribution in [2.45, 2.75) is 13.8 Å². The second kappa shape index (κ2) is 6.19. The summed E-state index contributed by atoms with van der Waals surface area (Å²) in [5.74, 6) is 1.72. The molecule has 1 aromatic carbocycles. The normalized spacial score (nSPS) is 15.0. The summed E-state index contributed by atoms with van der Waals surface area (Å²) in [7, 11) is 0. The molecule has 27 heavy (non-hydrogen) atoms. The number of hydrogen-bond acceptors (Lipinski definition) is 6. The Morgan fingerprint density at radius 3 is 2.44 bits per heavy atom. The van der Waals surface area contributed by atoms with Crippen molar-refractivity contribution >= 4 is 28.2 Å². The number of piperazine rings is 1. The predicted octanol–water partition coefficient (Wildman–Crippen LogP) is 2.62. The van der Waals surface area contributed by atoms with E-state index < -0.39 is 0 Å². The lowest BCUT2D eigenvalue weighted by atomic mass is 10.1. The van der Waals surface area contributed by atoms with Gasteiger partial charge in [0.05, 0.1) is 5.52 Å². The Hall–Kier alpha value is -3.22. The van der Waals surface area contributed by atoms with Crippen molar-refractivity contribution in [3.63, 3.8) is 0 Å². The second-order valence-electron chi connectivity index (χ2n) is 7.00. The molecule has 0 radical (unpaired) electrons. The monoisotopic (exact) mass is 359 g/mol. The van der Waals surface area contributed by atoms with Crippen molar-refractivity contribution < 1.29 is 0 Å². The summed E-state index contributed by atoms with van der Waals surface area (Å²) in [5, 5.41) is 5.56. The lowest BCUT2D eigenvalue weighted by Gasteiger charge is -2.37. The van der Waals surface area contributed by atoms with Crippen molar-refractivity contribution in [3.05, 3.63) is 54.1 Å². The second-order valence-corrected chi connectivity index (χ2v) is 7.00. The van der Waals surface area contributed by atoms with E-state index in [-0.39, 0.29) is 0 Å². The van der Waals surface area contributed by atoms with Crippen molar-refractivity contribution in [1.82, 2.24) is 24.6 Å². The molecule has 0 aliphatic carbocycles. The van der Waals surface area contributed by atoms with Crippen LogP contribution in [-0.2, 0) is 0 Å². The van der Waals surface area contributed by atoms with Crippen LogP contribution in [0.3, 0.4) is 0 Å². The Morgan fingerprint density at radius 1 is 0.852 bits per heavy atom. The largest absolute Gasteiger partial charge is 0.367 e. The number of fused-ring (bicyclic) bond motifs is 2. The highest BCUT2D eigenvalue weighted by atomic mass is 15.4. The maximum absolute atomic E-state index is 4.67. The van der Waals surface area contributed by atoms with Gasteiger partial charge in [-0.05, 0) is 26.0 Å². The first-order chi connectivity index (χ1) is 13.2. The van der Waals surface area contributed by atoms with Gasteiger partial charge in [-0.1, -0.05) is 18.2 Å². The maximum Gasteiger partial charge on any atom is 0.254 e. The fourth-order valence-electron chi connectivity index (χ4n) is 3.86. The highest BCUT2D eigenvalue weighted by Crippen LogP contribution is 2.28. The van der Waals surface area contributed by atoms with E-state index >= 15 is 0 Å². The third-order valence-corrected chi connectivity index (χ3v) is 5.13. The Balaban J connectivity index is 1.45. The van der Waals surface area contributed by atoms with Gasteiger partial charge in [0, 0.05) is 54.7 Å². The molecule has 7 heteroatoms. The van der Waals surface area contributed by atoms with Gasteiger partial charge in [-0.2, -0.15) is 14.6 Å².